The Morgan fingerprint density at radius 1 is 1.41 bits per heavy atom. The summed E-state index contributed by atoms with van der Waals surface area (Å²) in [4.78, 5) is 24.4. The predicted octanol–water partition coefficient (Wildman–Crippen LogP) is 2.53. The standard InChI is InChI=1S/C13H21NO3/c1-10(9-15)11-7-5-6-8-14(11)12(16)17-13(2,3)4/h9,11H,1,5-8H2,2-4H3. The van der Waals surface area contributed by atoms with Crippen molar-refractivity contribution in [3.8, 4) is 0 Å². The van der Waals surface area contributed by atoms with Crippen LogP contribution in [0.4, 0.5) is 4.79 Å². The topological polar surface area (TPSA) is 46.6 Å². The molecule has 0 aromatic rings. The molecular formula is C13H21NO3. The molecule has 0 bridgehead atoms. The van der Waals surface area contributed by atoms with E-state index in [4.69, 9.17) is 4.74 Å². The maximum atomic E-state index is 12.0. The fourth-order valence-corrected chi connectivity index (χ4v) is 1.93. The van der Waals surface area contributed by atoms with Crippen molar-refractivity contribution in [2.24, 2.45) is 0 Å². The van der Waals surface area contributed by atoms with Crippen molar-refractivity contribution in [2.45, 2.75) is 51.7 Å². The molecule has 1 saturated heterocycles. The number of hydrogen-bond donors (Lipinski definition) is 0. The number of carbonyl (C=O) groups is 2. The largest absolute Gasteiger partial charge is 0.444 e. The molecule has 1 unspecified atom stereocenters. The Morgan fingerprint density at radius 3 is 2.59 bits per heavy atom. The van der Waals surface area contributed by atoms with Crippen LogP contribution in [0.25, 0.3) is 0 Å². The van der Waals surface area contributed by atoms with Crippen LogP contribution in [0.1, 0.15) is 40.0 Å². The lowest BCUT2D eigenvalue weighted by Gasteiger charge is -2.36. The predicted molar refractivity (Wildman–Crippen MR) is 65.8 cm³/mol. The van der Waals surface area contributed by atoms with Crippen LogP contribution >= 0.6 is 0 Å². The van der Waals surface area contributed by atoms with Crippen LogP contribution in [0, 0.1) is 0 Å². The first-order chi connectivity index (χ1) is 7.85. The minimum absolute atomic E-state index is 0.198. The summed E-state index contributed by atoms with van der Waals surface area (Å²) < 4.78 is 5.33. The van der Waals surface area contributed by atoms with Crippen molar-refractivity contribution in [1.29, 1.82) is 0 Å². The van der Waals surface area contributed by atoms with Gasteiger partial charge in [0.15, 0.2) is 0 Å². The molecule has 1 atom stereocenters. The van der Waals surface area contributed by atoms with E-state index in [0.29, 0.717) is 12.1 Å². The van der Waals surface area contributed by atoms with Gasteiger partial charge in [0.2, 0.25) is 0 Å². The van der Waals surface area contributed by atoms with Crippen molar-refractivity contribution in [3.63, 3.8) is 0 Å². The molecule has 0 radical (unpaired) electrons. The average Bonchev–Trinajstić information content (AvgIpc) is 2.25. The molecule has 4 nitrogen and oxygen atoms in total. The van der Waals surface area contributed by atoms with Crippen molar-refractivity contribution < 1.29 is 14.3 Å². The van der Waals surface area contributed by atoms with Gasteiger partial charge >= 0.3 is 6.09 Å². The molecule has 1 fully saturated rings. The van der Waals surface area contributed by atoms with Crippen molar-refractivity contribution in [3.05, 3.63) is 12.2 Å². The van der Waals surface area contributed by atoms with Crippen molar-refractivity contribution in [2.75, 3.05) is 6.54 Å². The van der Waals surface area contributed by atoms with Gasteiger partial charge in [0, 0.05) is 12.1 Å². The molecule has 17 heavy (non-hydrogen) atoms. The second-order valence-electron chi connectivity index (χ2n) is 5.38. The summed E-state index contributed by atoms with van der Waals surface area (Å²) in [5, 5.41) is 0. The van der Waals surface area contributed by atoms with Crippen LogP contribution in [0.2, 0.25) is 0 Å². The highest BCUT2D eigenvalue weighted by atomic mass is 16.6. The minimum Gasteiger partial charge on any atom is -0.444 e. The number of amides is 1. The van der Waals surface area contributed by atoms with Gasteiger partial charge in [0.1, 0.15) is 11.9 Å². The van der Waals surface area contributed by atoms with Crippen LogP contribution in [-0.2, 0) is 9.53 Å². The maximum absolute atomic E-state index is 12.0. The quantitative estimate of drug-likeness (QED) is 0.549. The highest BCUT2D eigenvalue weighted by molar-refractivity contribution is 5.77. The molecule has 0 saturated carbocycles. The van der Waals surface area contributed by atoms with E-state index in [1.54, 1.807) is 4.90 Å². The highest BCUT2D eigenvalue weighted by Gasteiger charge is 2.31. The van der Waals surface area contributed by atoms with E-state index in [-0.39, 0.29) is 12.1 Å². The first-order valence-corrected chi connectivity index (χ1v) is 5.99. The first-order valence-electron chi connectivity index (χ1n) is 5.99. The van der Waals surface area contributed by atoms with Crippen LogP contribution < -0.4 is 0 Å². The number of nitrogens with zero attached hydrogens (tertiary/aromatic N) is 1. The fourth-order valence-electron chi connectivity index (χ4n) is 1.93. The number of rotatable bonds is 2. The normalized spacial score (nSPS) is 20.9. The van der Waals surface area contributed by atoms with E-state index in [9.17, 15) is 9.59 Å². The van der Waals surface area contributed by atoms with Gasteiger partial charge in [-0.05, 0) is 40.0 Å². The molecule has 1 rings (SSSR count). The Morgan fingerprint density at radius 2 is 2.06 bits per heavy atom. The molecule has 0 N–H and O–H groups in total. The van der Waals surface area contributed by atoms with Crippen LogP contribution in [0.5, 0.6) is 0 Å². The second kappa shape index (κ2) is 5.34. The number of aldehydes is 1. The summed E-state index contributed by atoms with van der Waals surface area (Å²) >= 11 is 0. The first kappa shape index (κ1) is 13.7. The molecule has 0 aliphatic carbocycles. The van der Waals surface area contributed by atoms with Gasteiger partial charge in [0.25, 0.3) is 0 Å². The number of piperidine rings is 1. The van der Waals surface area contributed by atoms with Gasteiger partial charge in [-0.1, -0.05) is 6.58 Å². The summed E-state index contributed by atoms with van der Waals surface area (Å²) in [5.41, 5.74) is -0.0581. The molecule has 0 aromatic heterocycles. The summed E-state index contributed by atoms with van der Waals surface area (Å²) in [7, 11) is 0. The van der Waals surface area contributed by atoms with Crippen molar-refractivity contribution >= 4 is 12.4 Å². The lowest BCUT2D eigenvalue weighted by atomic mass is 9.97. The van der Waals surface area contributed by atoms with Crippen LogP contribution in [0.3, 0.4) is 0 Å². The molecule has 96 valence electrons. The zero-order valence-electron chi connectivity index (χ0n) is 10.9. The van der Waals surface area contributed by atoms with Gasteiger partial charge in [0.05, 0.1) is 6.04 Å². The highest BCUT2D eigenvalue weighted by Crippen LogP contribution is 2.23. The molecule has 1 amide bonds. The van der Waals surface area contributed by atoms with E-state index in [0.717, 1.165) is 25.5 Å². The second-order valence-corrected chi connectivity index (χ2v) is 5.38. The number of ether oxygens (including phenoxy) is 1. The molecule has 1 aliphatic rings. The summed E-state index contributed by atoms with van der Waals surface area (Å²) in [6, 6.07) is -0.198. The van der Waals surface area contributed by atoms with Gasteiger partial charge in [-0.3, -0.25) is 4.79 Å². The SMILES string of the molecule is C=C(C=O)C1CCCCN1C(=O)OC(C)(C)C. The minimum atomic E-state index is -0.512. The third-order valence-electron chi connectivity index (χ3n) is 2.71. The van der Waals surface area contributed by atoms with Crippen LogP contribution in [0.15, 0.2) is 12.2 Å². The fraction of sp³-hybridized carbons (Fsp3) is 0.692. The van der Waals surface area contributed by atoms with Crippen LogP contribution in [-0.4, -0.2) is 35.5 Å². The number of likely N-dealkylation sites (tertiary alicyclic amines) is 1. The molecule has 0 spiro atoms. The van der Waals surface area contributed by atoms with E-state index < -0.39 is 5.60 Å². The molecule has 0 aromatic carbocycles. The maximum Gasteiger partial charge on any atom is 0.410 e. The molecule has 1 aliphatic heterocycles. The summed E-state index contributed by atoms with van der Waals surface area (Å²) in [6.07, 6.45) is 3.12. The lowest BCUT2D eigenvalue weighted by Crippen LogP contribution is -2.47. The van der Waals surface area contributed by atoms with E-state index in [1.165, 1.54) is 0 Å². The van der Waals surface area contributed by atoms with E-state index in [1.807, 2.05) is 20.8 Å². The Hall–Kier alpha value is -1.32. The number of hydrogen-bond acceptors (Lipinski definition) is 3. The van der Waals surface area contributed by atoms with E-state index in [2.05, 4.69) is 6.58 Å². The zero-order chi connectivity index (χ0) is 13.1. The molecular weight excluding hydrogens is 218 g/mol. The summed E-state index contributed by atoms with van der Waals surface area (Å²) in [6.45, 7) is 9.84. The lowest BCUT2D eigenvalue weighted by molar-refractivity contribution is -0.105. The Kier molecular flexibility index (Phi) is 4.32. The monoisotopic (exact) mass is 239 g/mol. The third-order valence-corrected chi connectivity index (χ3v) is 2.71. The third kappa shape index (κ3) is 3.88. The smallest absolute Gasteiger partial charge is 0.410 e. The van der Waals surface area contributed by atoms with E-state index >= 15 is 0 Å². The van der Waals surface area contributed by atoms with Gasteiger partial charge in [-0.25, -0.2) is 4.79 Å². The Labute approximate surface area is 103 Å². The van der Waals surface area contributed by atoms with Gasteiger partial charge in [-0.2, -0.15) is 0 Å². The van der Waals surface area contributed by atoms with Gasteiger partial charge < -0.3 is 9.64 Å². The average molecular weight is 239 g/mol. The summed E-state index contributed by atoms with van der Waals surface area (Å²) in [5.74, 6) is 0. The number of carbonyl (C=O) groups excluding carboxylic acids is 2. The van der Waals surface area contributed by atoms with Crippen molar-refractivity contribution in [1.82, 2.24) is 4.90 Å². The Balaban J connectivity index is 2.74. The Bertz CT molecular complexity index is 317. The molecule has 1 heterocycles. The van der Waals surface area contributed by atoms with Gasteiger partial charge in [-0.15, -0.1) is 0 Å². The zero-order valence-corrected chi connectivity index (χ0v) is 10.9. The molecule has 4 heteroatoms.